The lowest BCUT2D eigenvalue weighted by molar-refractivity contribution is -0.125. The molecule has 21 heavy (non-hydrogen) atoms. The molecule has 1 aromatic rings. The molecule has 1 heterocycles. The number of amides is 1. The average Bonchev–Trinajstić information content (AvgIpc) is 2.41. The summed E-state index contributed by atoms with van der Waals surface area (Å²) in [6, 6.07) is 3.64. The number of carbonyl (C=O) groups excluding carboxylic acids is 1. The van der Waals surface area contributed by atoms with Crippen LogP contribution in [-0.4, -0.2) is 31.5 Å². The highest BCUT2D eigenvalue weighted by atomic mass is 35.5. The van der Waals surface area contributed by atoms with Crippen LogP contribution in [0, 0.1) is 5.41 Å². The molecule has 5 nitrogen and oxygen atoms in total. The van der Waals surface area contributed by atoms with Crippen LogP contribution in [0.15, 0.2) is 18.3 Å². The van der Waals surface area contributed by atoms with Gasteiger partial charge in [0, 0.05) is 38.6 Å². The molecule has 0 saturated heterocycles. The van der Waals surface area contributed by atoms with Crippen LogP contribution in [-0.2, 0) is 4.79 Å². The molecule has 0 aliphatic heterocycles. The van der Waals surface area contributed by atoms with Crippen molar-refractivity contribution >= 4 is 42.2 Å². The van der Waals surface area contributed by atoms with Crippen LogP contribution in [0.4, 0.5) is 11.5 Å². The zero-order valence-corrected chi connectivity index (χ0v) is 14.7. The largest absolute Gasteiger partial charge is 0.363 e. The molecule has 0 radical (unpaired) electrons. The lowest BCUT2D eigenvalue weighted by Crippen LogP contribution is -2.41. The number of carbonyl (C=O) groups is 1. The summed E-state index contributed by atoms with van der Waals surface area (Å²) >= 11 is 0. The fraction of sp³-hybridized carbons (Fsp3) is 0.571. The van der Waals surface area contributed by atoms with Crippen molar-refractivity contribution in [3.05, 3.63) is 18.3 Å². The number of nitrogens with two attached hydrogens (primary N) is 1. The summed E-state index contributed by atoms with van der Waals surface area (Å²) in [5, 5.41) is 2.95. The second-order valence-corrected chi connectivity index (χ2v) is 4.94. The third-order valence-corrected chi connectivity index (χ3v) is 3.69. The van der Waals surface area contributed by atoms with Crippen molar-refractivity contribution in [3.8, 4) is 0 Å². The minimum absolute atomic E-state index is 0. The van der Waals surface area contributed by atoms with Gasteiger partial charge in [0.1, 0.15) is 5.82 Å². The Morgan fingerprint density at radius 1 is 1.33 bits per heavy atom. The molecular formula is C14H26Cl2N4O. The Balaban J connectivity index is 0. The highest BCUT2D eigenvalue weighted by Gasteiger charge is 2.33. The van der Waals surface area contributed by atoms with Crippen molar-refractivity contribution in [1.29, 1.82) is 0 Å². The number of pyridine rings is 1. The van der Waals surface area contributed by atoms with E-state index in [1.807, 2.05) is 38.9 Å². The number of rotatable bonds is 6. The van der Waals surface area contributed by atoms with Gasteiger partial charge in [-0.1, -0.05) is 13.8 Å². The predicted octanol–water partition coefficient (Wildman–Crippen LogP) is 2.69. The van der Waals surface area contributed by atoms with Crippen molar-refractivity contribution in [2.45, 2.75) is 26.7 Å². The first-order chi connectivity index (χ1) is 8.99. The number of hydrogen-bond donors (Lipinski definition) is 2. The standard InChI is InChI=1S/C14H24N4O.2ClH/c1-5-14(6-2,10-15)13(19)17-11-7-8-16-12(9-11)18(3)4;;/h7-9H,5-6,10,15H2,1-4H3,(H,16,17,19);2*1H. The fourth-order valence-corrected chi connectivity index (χ4v) is 1.96. The third-order valence-electron chi connectivity index (χ3n) is 3.69. The molecule has 0 bridgehead atoms. The van der Waals surface area contributed by atoms with Crippen LogP contribution in [0.5, 0.6) is 0 Å². The summed E-state index contributed by atoms with van der Waals surface area (Å²) in [6.07, 6.45) is 3.15. The zero-order valence-electron chi connectivity index (χ0n) is 13.0. The summed E-state index contributed by atoms with van der Waals surface area (Å²) in [5.41, 5.74) is 6.05. The number of halogens is 2. The van der Waals surface area contributed by atoms with Crippen LogP contribution >= 0.6 is 24.8 Å². The first-order valence-corrected chi connectivity index (χ1v) is 6.64. The Labute approximate surface area is 139 Å². The SMILES string of the molecule is CCC(CC)(CN)C(=O)Nc1ccnc(N(C)C)c1.Cl.Cl. The van der Waals surface area contributed by atoms with E-state index in [1.54, 1.807) is 12.3 Å². The summed E-state index contributed by atoms with van der Waals surface area (Å²) in [4.78, 5) is 18.5. The smallest absolute Gasteiger partial charge is 0.231 e. The van der Waals surface area contributed by atoms with E-state index < -0.39 is 5.41 Å². The molecule has 0 spiro atoms. The van der Waals surface area contributed by atoms with Crippen molar-refractivity contribution in [2.75, 3.05) is 30.9 Å². The van der Waals surface area contributed by atoms with Crippen molar-refractivity contribution in [3.63, 3.8) is 0 Å². The minimum atomic E-state index is -0.485. The third kappa shape index (κ3) is 5.34. The normalized spacial score (nSPS) is 10.1. The number of anilines is 2. The van der Waals surface area contributed by atoms with E-state index >= 15 is 0 Å². The Hall–Kier alpha value is -1.04. The number of hydrogen-bond acceptors (Lipinski definition) is 4. The molecule has 0 saturated carbocycles. The first kappa shape index (κ1) is 22.2. The van der Waals surface area contributed by atoms with Gasteiger partial charge in [-0.05, 0) is 18.9 Å². The van der Waals surface area contributed by atoms with Gasteiger partial charge in [-0.2, -0.15) is 0 Å². The molecule has 3 N–H and O–H groups in total. The van der Waals surface area contributed by atoms with E-state index in [9.17, 15) is 4.79 Å². The average molecular weight is 337 g/mol. The predicted molar refractivity (Wildman–Crippen MR) is 93.8 cm³/mol. The molecule has 7 heteroatoms. The second-order valence-electron chi connectivity index (χ2n) is 4.94. The van der Waals surface area contributed by atoms with E-state index in [4.69, 9.17) is 5.73 Å². The summed E-state index contributed by atoms with van der Waals surface area (Å²) < 4.78 is 0. The van der Waals surface area contributed by atoms with Crippen molar-refractivity contribution < 1.29 is 4.79 Å². The maximum atomic E-state index is 12.4. The molecule has 1 rings (SSSR count). The van der Waals surface area contributed by atoms with Gasteiger partial charge in [0.05, 0.1) is 5.41 Å². The zero-order chi connectivity index (χ0) is 14.5. The van der Waals surface area contributed by atoms with E-state index in [-0.39, 0.29) is 30.7 Å². The summed E-state index contributed by atoms with van der Waals surface area (Å²) in [6.45, 7) is 4.35. The van der Waals surface area contributed by atoms with Gasteiger partial charge in [0.15, 0.2) is 0 Å². The van der Waals surface area contributed by atoms with Crippen LogP contribution in [0.3, 0.4) is 0 Å². The van der Waals surface area contributed by atoms with E-state index in [2.05, 4.69) is 10.3 Å². The highest BCUT2D eigenvalue weighted by Crippen LogP contribution is 2.27. The lowest BCUT2D eigenvalue weighted by Gasteiger charge is -2.28. The van der Waals surface area contributed by atoms with E-state index in [0.717, 1.165) is 24.3 Å². The van der Waals surface area contributed by atoms with E-state index in [0.29, 0.717) is 6.54 Å². The van der Waals surface area contributed by atoms with Crippen LogP contribution < -0.4 is 16.0 Å². The fourth-order valence-electron chi connectivity index (χ4n) is 1.96. The summed E-state index contributed by atoms with van der Waals surface area (Å²) in [7, 11) is 3.83. The van der Waals surface area contributed by atoms with Gasteiger partial charge in [-0.3, -0.25) is 4.79 Å². The summed E-state index contributed by atoms with van der Waals surface area (Å²) in [5.74, 6) is 0.792. The second kappa shape index (κ2) is 9.82. The van der Waals surface area contributed by atoms with Crippen LogP contribution in [0.25, 0.3) is 0 Å². The molecule has 0 aliphatic rings. The molecular weight excluding hydrogens is 311 g/mol. The molecule has 1 amide bonds. The number of nitrogens with one attached hydrogen (secondary N) is 1. The first-order valence-electron chi connectivity index (χ1n) is 6.64. The molecule has 0 atom stereocenters. The maximum absolute atomic E-state index is 12.4. The van der Waals surface area contributed by atoms with Crippen molar-refractivity contribution in [1.82, 2.24) is 4.98 Å². The number of nitrogens with zero attached hydrogens (tertiary/aromatic N) is 2. The highest BCUT2D eigenvalue weighted by molar-refractivity contribution is 5.95. The van der Waals surface area contributed by atoms with E-state index in [1.165, 1.54) is 0 Å². The monoisotopic (exact) mass is 336 g/mol. The van der Waals surface area contributed by atoms with Crippen LogP contribution in [0.2, 0.25) is 0 Å². The van der Waals surface area contributed by atoms with Gasteiger partial charge in [-0.15, -0.1) is 24.8 Å². The number of aromatic nitrogens is 1. The van der Waals surface area contributed by atoms with Crippen LogP contribution in [0.1, 0.15) is 26.7 Å². The molecule has 0 unspecified atom stereocenters. The maximum Gasteiger partial charge on any atom is 0.231 e. The lowest BCUT2D eigenvalue weighted by atomic mass is 9.81. The Morgan fingerprint density at radius 3 is 2.33 bits per heavy atom. The Bertz CT molecular complexity index is 428. The molecule has 122 valence electrons. The van der Waals surface area contributed by atoms with Gasteiger partial charge in [0.25, 0.3) is 0 Å². The van der Waals surface area contributed by atoms with Gasteiger partial charge < -0.3 is 16.0 Å². The molecule has 0 aromatic carbocycles. The van der Waals surface area contributed by atoms with Crippen molar-refractivity contribution in [2.24, 2.45) is 11.1 Å². The molecule has 1 aromatic heterocycles. The van der Waals surface area contributed by atoms with Gasteiger partial charge in [0.2, 0.25) is 5.91 Å². The van der Waals surface area contributed by atoms with Gasteiger partial charge in [-0.25, -0.2) is 4.98 Å². The minimum Gasteiger partial charge on any atom is -0.363 e. The van der Waals surface area contributed by atoms with Gasteiger partial charge >= 0.3 is 0 Å². The Morgan fingerprint density at radius 2 is 1.90 bits per heavy atom. The Kier molecular flexibility index (Phi) is 10.4. The topological polar surface area (TPSA) is 71.2 Å². The molecule has 0 fully saturated rings. The molecule has 0 aliphatic carbocycles. The quantitative estimate of drug-likeness (QED) is 0.837.